The summed E-state index contributed by atoms with van der Waals surface area (Å²) in [6.45, 7) is 1.02. The number of primary amides is 1. The zero-order valence-corrected chi connectivity index (χ0v) is 16.0. The number of halogens is 2. The summed E-state index contributed by atoms with van der Waals surface area (Å²) in [6, 6.07) is 10.7. The van der Waals surface area contributed by atoms with E-state index in [0.717, 1.165) is 11.6 Å². The largest absolute Gasteiger partial charge is 0.377 e. The zero-order chi connectivity index (χ0) is 21.0. The number of nitriles is 1. The molecule has 0 aliphatic carbocycles. The molecule has 2 aromatic carbocycles. The van der Waals surface area contributed by atoms with Crippen LogP contribution in [0, 0.1) is 17.1 Å². The maximum atomic E-state index is 13.8. The molecule has 1 aliphatic heterocycles. The van der Waals surface area contributed by atoms with Gasteiger partial charge in [-0.2, -0.15) is 5.26 Å². The molecule has 2 aromatic rings. The molecule has 1 saturated heterocycles. The van der Waals surface area contributed by atoms with Crippen LogP contribution in [0.25, 0.3) is 11.1 Å². The standard InChI is InChI=1S/C21H17ClFN3O3/c22-4-3-20(27)26-5-6-29-12-19(26)16-8-13(11-24)7-15(9-16)14-1-2-18(23)17(10-14)21(25)28/h1-4,7-10,19H,5-6,12H2,(H2,25,28)/b4-3-. The van der Waals surface area contributed by atoms with Gasteiger partial charge in [-0.3, -0.25) is 9.59 Å². The fourth-order valence-corrected chi connectivity index (χ4v) is 3.37. The molecule has 0 bridgehead atoms. The average Bonchev–Trinajstić information content (AvgIpc) is 2.73. The second kappa shape index (κ2) is 8.86. The number of amides is 2. The monoisotopic (exact) mass is 413 g/mol. The van der Waals surface area contributed by atoms with Gasteiger partial charge in [0.1, 0.15) is 5.82 Å². The van der Waals surface area contributed by atoms with Crippen LogP contribution in [-0.2, 0) is 9.53 Å². The normalized spacial score (nSPS) is 16.6. The van der Waals surface area contributed by atoms with Gasteiger partial charge in [-0.15, -0.1) is 0 Å². The highest BCUT2D eigenvalue weighted by atomic mass is 35.5. The number of carbonyl (C=O) groups is 2. The third-order valence-corrected chi connectivity index (χ3v) is 4.78. The van der Waals surface area contributed by atoms with E-state index in [1.807, 2.05) is 0 Å². The predicted molar refractivity (Wildman–Crippen MR) is 105 cm³/mol. The molecular formula is C21H17ClFN3O3. The Hall–Kier alpha value is -3.21. The Morgan fingerprint density at radius 3 is 2.76 bits per heavy atom. The van der Waals surface area contributed by atoms with Crippen molar-refractivity contribution in [1.29, 1.82) is 5.26 Å². The van der Waals surface area contributed by atoms with Crippen molar-refractivity contribution in [3.8, 4) is 17.2 Å². The minimum Gasteiger partial charge on any atom is -0.377 e. The molecule has 2 N–H and O–H groups in total. The highest BCUT2D eigenvalue weighted by Gasteiger charge is 2.28. The third-order valence-electron chi connectivity index (χ3n) is 4.65. The topological polar surface area (TPSA) is 96.4 Å². The molecule has 1 atom stereocenters. The first kappa shape index (κ1) is 20.5. The molecule has 29 heavy (non-hydrogen) atoms. The molecule has 1 heterocycles. The Labute approximate surface area is 171 Å². The van der Waals surface area contributed by atoms with Gasteiger partial charge in [0.05, 0.1) is 36.5 Å². The van der Waals surface area contributed by atoms with E-state index in [4.69, 9.17) is 22.1 Å². The first-order valence-corrected chi connectivity index (χ1v) is 9.18. The molecule has 0 aromatic heterocycles. The Morgan fingerprint density at radius 1 is 1.28 bits per heavy atom. The Balaban J connectivity index is 2.08. The van der Waals surface area contributed by atoms with Crippen LogP contribution in [0.15, 0.2) is 48.0 Å². The Bertz CT molecular complexity index is 1030. The van der Waals surface area contributed by atoms with Crippen molar-refractivity contribution in [2.24, 2.45) is 5.73 Å². The molecule has 0 saturated carbocycles. The summed E-state index contributed by atoms with van der Waals surface area (Å²) in [7, 11) is 0. The van der Waals surface area contributed by atoms with E-state index < -0.39 is 17.8 Å². The molecule has 2 amide bonds. The highest BCUT2D eigenvalue weighted by molar-refractivity contribution is 6.26. The number of benzene rings is 2. The Morgan fingerprint density at radius 2 is 2.07 bits per heavy atom. The van der Waals surface area contributed by atoms with Crippen LogP contribution in [0.3, 0.4) is 0 Å². The predicted octanol–water partition coefficient (Wildman–Crippen LogP) is 3.12. The number of hydrogen-bond donors (Lipinski definition) is 1. The van der Waals surface area contributed by atoms with Gasteiger partial charge in [0.2, 0.25) is 5.91 Å². The van der Waals surface area contributed by atoms with Gasteiger partial charge in [-0.25, -0.2) is 4.39 Å². The van der Waals surface area contributed by atoms with E-state index in [9.17, 15) is 19.2 Å². The number of rotatable bonds is 4. The van der Waals surface area contributed by atoms with Gasteiger partial charge < -0.3 is 15.4 Å². The molecule has 0 radical (unpaired) electrons. The van der Waals surface area contributed by atoms with E-state index in [-0.39, 0.29) is 18.1 Å². The van der Waals surface area contributed by atoms with Crippen LogP contribution >= 0.6 is 11.6 Å². The molecule has 1 aliphatic rings. The lowest BCUT2D eigenvalue weighted by atomic mass is 9.94. The maximum absolute atomic E-state index is 13.8. The summed E-state index contributed by atoms with van der Waals surface area (Å²) in [4.78, 5) is 25.5. The van der Waals surface area contributed by atoms with Gasteiger partial charge in [-0.1, -0.05) is 17.7 Å². The molecule has 3 rings (SSSR count). The summed E-state index contributed by atoms with van der Waals surface area (Å²) in [6.07, 6.45) is 1.26. The van der Waals surface area contributed by atoms with Gasteiger partial charge in [0.25, 0.3) is 5.91 Å². The molecule has 8 heteroatoms. The maximum Gasteiger partial charge on any atom is 0.251 e. The van der Waals surface area contributed by atoms with Gasteiger partial charge in [-0.05, 0) is 47.0 Å². The first-order chi connectivity index (χ1) is 13.9. The van der Waals surface area contributed by atoms with Crippen molar-refractivity contribution in [1.82, 2.24) is 4.90 Å². The van der Waals surface area contributed by atoms with Crippen LogP contribution in [0.5, 0.6) is 0 Å². The number of nitrogens with two attached hydrogens (primary N) is 1. The van der Waals surface area contributed by atoms with E-state index in [1.54, 1.807) is 23.1 Å². The zero-order valence-electron chi connectivity index (χ0n) is 15.3. The van der Waals surface area contributed by atoms with Crippen LogP contribution in [0.2, 0.25) is 0 Å². The molecule has 6 nitrogen and oxygen atoms in total. The molecule has 0 spiro atoms. The summed E-state index contributed by atoms with van der Waals surface area (Å²) in [5.41, 5.74) is 8.29. The number of carbonyl (C=O) groups excluding carboxylic acids is 2. The van der Waals surface area contributed by atoms with Crippen molar-refractivity contribution < 1.29 is 18.7 Å². The van der Waals surface area contributed by atoms with Gasteiger partial charge >= 0.3 is 0 Å². The minimum atomic E-state index is -0.883. The van der Waals surface area contributed by atoms with E-state index in [2.05, 4.69) is 6.07 Å². The van der Waals surface area contributed by atoms with E-state index in [1.165, 1.54) is 18.2 Å². The van der Waals surface area contributed by atoms with Crippen molar-refractivity contribution in [3.63, 3.8) is 0 Å². The van der Waals surface area contributed by atoms with Crippen LogP contribution in [0.4, 0.5) is 4.39 Å². The second-order valence-corrected chi connectivity index (χ2v) is 6.68. The van der Waals surface area contributed by atoms with Crippen LogP contribution < -0.4 is 5.73 Å². The number of hydrogen-bond acceptors (Lipinski definition) is 4. The quantitative estimate of drug-likeness (QED) is 0.779. The molecular weight excluding hydrogens is 397 g/mol. The number of nitrogens with zero attached hydrogens (tertiary/aromatic N) is 2. The molecule has 148 valence electrons. The minimum absolute atomic E-state index is 0.239. The Kier molecular flexibility index (Phi) is 6.27. The first-order valence-electron chi connectivity index (χ1n) is 8.74. The van der Waals surface area contributed by atoms with Gasteiger partial charge in [0, 0.05) is 18.2 Å². The SMILES string of the molecule is N#Cc1cc(-c2ccc(F)c(C(N)=O)c2)cc(C2COCCN2C(=O)/C=C\Cl)c1. The van der Waals surface area contributed by atoms with Crippen molar-refractivity contribution in [2.45, 2.75) is 6.04 Å². The summed E-state index contributed by atoms with van der Waals surface area (Å²) in [5.74, 6) is -1.87. The second-order valence-electron chi connectivity index (χ2n) is 6.43. The van der Waals surface area contributed by atoms with Crippen molar-refractivity contribution in [2.75, 3.05) is 19.8 Å². The lowest BCUT2D eigenvalue weighted by Crippen LogP contribution is -2.42. The lowest BCUT2D eigenvalue weighted by molar-refractivity contribution is -0.134. The van der Waals surface area contributed by atoms with E-state index >= 15 is 0 Å². The fourth-order valence-electron chi connectivity index (χ4n) is 3.26. The van der Waals surface area contributed by atoms with Crippen molar-refractivity contribution in [3.05, 3.63) is 70.5 Å². The molecule has 1 fully saturated rings. The lowest BCUT2D eigenvalue weighted by Gasteiger charge is -2.35. The fraction of sp³-hybridized carbons (Fsp3) is 0.190. The van der Waals surface area contributed by atoms with Gasteiger partial charge in [0.15, 0.2) is 0 Å². The highest BCUT2D eigenvalue weighted by Crippen LogP contribution is 2.31. The number of ether oxygens (including phenoxy) is 1. The van der Waals surface area contributed by atoms with Crippen LogP contribution in [-0.4, -0.2) is 36.5 Å². The smallest absolute Gasteiger partial charge is 0.251 e. The number of morpholine rings is 1. The third kappa shape index (κ3) is 4.45. The summed E-state index contributed by atoms with van der Waals surface area (Å²) >= 11 is 5.54. The van der Waals surface area contributed by atoms with Crippen LogP contribution in [0.1, 0.15) is 27.5 Å². The average molecular weight is 414 g/mol. The molecule has 1 unspecified atom stereocenters. The summed E-state index contributed by atoms with van der Waals surface area (Å²) in [5, 5.41) is 9.45. The van der Waals surface area contributed by atoms with Crippen molar-refractivity contribution >= 4 is 23.4 Å². The summed E-state index contributed by atoms with van der Waals surface area (Å²) < 4.78 is 19.4. The van der Waals surface area contributed by atoms with E-state index in [0.29, 0.717) is 35.4 Å².